The van der Waals surface area contributed by atoms with Crippen LogP contribution in [-0.4, -0.2) is 4.98 Å². The molecule has 1 aliphatic rings. The Labute approximate surface area is 128 Å². The molecule has 0 aliphatic heterocycles. The Hall–Kier alpha value is -2.06. The number of aromatic nitrogens is 1. The molecule has 1 aromatic heterocycles. The van der Waals surface area contributed by atoms with Crippen molar-refractivity contribution < 1.29 is 4.74 Å². The molecule has 104 valence electrons. The van der Waals surface area contributed by atoms with Crippen LogP contribution in [0.4, 0.5) is 0 Å². The molecule has 21 heavy (non-hydrogen) atoms. The Morgan fingerprint density at radius 3 is 2.67 bits per heavy atom. The van der Waals surface area contributed by atoms with E-state index in [1.165, 1.54) is 5.56 Å². The highest BCUT2D eigenvalue weighted by Gasteiger charge is 2.18. The number of pyridine rings is 1. The van der Waals surface area contributed by atoms with Gasteiger partial charge in [-0.15, -0.1) is 0 Å². The lowest BCUT2D eigenvalue weighted by atomic mass is 10.1. The fraction of sp³-hybridized carbons (Fsp3) is 0.167. The van der Waals surface area contributed by atoms with Gasteiger partial charge in [-0.3, -0.25) is 4.98 Å². The first-order chi connectivity index (χ1) is 10.3. The first kappa shape index (κ1) is 12.7. The molecule has 0 atom stereocenters. The Bertz CT molecular complexity index is 814. The minimum absolute atomic E-state index is 0.787. The first-order valence-electron chi connectivity index (χ1n) is 7.15. The van der Waals surface area contributed by atoms with Crippen molar-refractivity contribution in [3.63, 3.8) is 0 Å². The summed E-state index contributed by atoms with van der Waals surface area (Å²) in [6, 6.07) is 15.7. The SMILES string of the molecule is Clc1c2c(nc3ccc(Oc4ccccc4)cc13)CCC2. The third kappa shape index (κ3) is 2.26. The van der Waals surface area contributed by atoms with Gasteiger partial charge in [-0.25, -0.2) is 0 Å². The average Bonchev–Trinajstić information content (AvgIpc) is 2.98. The number of ether oxygens (including phenoxy) is 1. The zero-order valence-electron chi connectivity index (χ0n) is 11.5. The Kier molecular flexibility index (Phi) is 3.04. The number of fused-ring (bicyclic) bond motifs is 2. The molecule has 0 saturated carbocycles. The zero-order valence-corrected chi connectivity index (χ0v) is 12.2. The van der Waals surface area contributed by atoms with Crippen LogP contribution in [-0.2, 0) is 12.8 Å². The van der Waals surface area contributed by atoms with E-state index in [2.05, 4.69) is 0 Å². The lowest BCUT2D eigenvalue weighted by Gasteiger charge is -2.10. The summed E-state index contributed by atoms with van der Waals surface area (Å²) in [6.45, 7) is 0. The van der Waals surface area contributed by atoms with Crippen molar-refractivity contribution in [2.75, 3.05) is 0 Å². The summed E-state index contributed by atoms with van der Waals surface area (Å²) in [7, 11) is 0. The highest BCUT2D eigenvalue weighted by atomic mass is 35.5. The number of hydrogen-bond acceptors (Lipinski definition) is 2. The van der Waals surface area contributed by atoms with Gasteiger partial charge in [-0.2, -0.15) is 0 Å². The second kappa shape index (κ2) is 5.05. The maximum absolute atomic E-state index is 6.57. The van der Waals surface area contributed by atoms with Crippen molar-refractivity contribution in [1.82, 2.24) is 4.98 Å². The van der Waals surface area contributed by atoms with Crippen LogP contribution in [0.1, 0.15) is 17.7 Å². The van der Waals surface area contributed by atoms with E-state index in [1.54, 1.807) is 0 Å². The number of rotatable bonds is 2. The Morgan fingerprint density at radius 2 is 1.81 bits per heavy atom. The third-order valence-corrected chi connectivity index (χ3v) is 4.32. The van der Waals surface area contributed by atoms with Crippen LogP contribution in [0.3, 0.4) is 0 Å². The molecule has 1 heterocycles. The van der Waals surface area contributed by atoms with Gasteiger partial charge in [0, 0.05) is 11.1 Å². The molecule has 0 unspecified atom stereocenters. The van der Waals surface area contributed by atoms with Gasteiger partial charge in [-0.1, -0.05) is 29.8 Å². The molecule has 3 aromatic rings. The number of nitrogens with zero attached hydrogens (tertiary/aromatic N) is 1. The van der Waals surface area contributed by atoms with Gasteiger partial charge in [0.15, 0.2) is 0 Å². The van der Waals surface area contributed by atoms with Crippen molar-refractivity contribution in [1.29, 1.82) is 0 Å². The van der Waals surface area contributed by atoms with E-state index in [4.69, 9.17) is 21.3 Å². The van der Waals surface area contributed by atoms with Crippen molar-refractivity contribution in [3.05, 3.63) is 64.8 Å². The number of aryl methyl sites for hydroxylation is 1. The highest BCUT2D eigenvalue weighted by Crippen LogP contribution is 2.35. The van der Waals surface area contributed by atoms with Crippen molar-refractivity contribution in [3.8, 4) is 11.5 Å². The molecule has 0 fully saturated rings. The molecular formula is C18H14ClNO. The summed E-state index contributed by atoms with van der Waals surface area (Å²) in [5, 5.41) is 1.82. The van der Waals surface area contributed by atoms with E-state index in [0.29, 0.717) is 0 Å². The van der Waals surface area contributed by atoms with Crippen LogP contribution >= 0.6 is 11.6 Å². The van der Waals surface area contributed by atoms with Crippen LogP contribution in [0.2, 0.25) is 5.02 Å². The second-order valence-corrected chi connectivity index (χ2v) is 5.68. The molecule has 0 bridgehead atoms. The van der Waals surface area contributed by atoms with E-state index >= 15 is 0 Å². The monoisotopic (exact) mass is 295 g/mol. The minimum Gasteiger partial charge on any atom is -0.457 e. The summed E-state index contributed by atoms with van der Waals surface area (Å²) >= 11 is 6.57. The average molecular weight is 296 g/mol. The molecule has 3 heteroatoms. The lowest BCUT2D eigenvalue weighted by molar-refractivity contribution is 0.483. The largest absolute Gasteiger partial charge is 0.457 e. The van der Waals surface area contributed by atoms with E-state index in [1.807, 2.05) is 48.5 Å². The van der Waals surface area contributed by atoms with Crippen LogP contribution in [0.25, 0.3) is 10.9 Å². The fourth-order valence-electron chi connectivity index (χ4n) is 2.87. The number of halogens is 1. The quantitative estimate of drug-likeness (QED) is 0.651. The summed E-state index contributed by atoms with van der Waals surface area (Å²) in [6.07, 6.45) is 3.21. The highest BCUT2D eigenvalue weighted by molar-refractivity contribution is 6.36. The molecule has 4 rings (SSSR count). The van der Waals surface area contributed by atoms with Gasteiger partial charge in [0.2, 0.25) is 0 Å². The fourth-order valence-corrected chi connectivity index (χ4v) is 3.23. The summed E-state index contributed by atoms with van der Waals surface area (Å²) in [5.74, 6) is 1.61. The third-order valence-electron chi connectivity index (χ3n) is 3.89. The van der Waals surface area contributed by atoms with Crippen molar-refractivity contribution >= 4 is 22.5 Å². The predicted molar refractivity (Wildman–Crippen MR) is 85.3 cm³/mol. The maximum Gasteiger partial charge on any atom is 0.128 e. The number of hydrogen-bond donors (Lipinski definition) is 0. The first-order valence-corrected chi connectivity index (χ1v) is 7.53. The minimum atomic E-state index is 0.787. The molecular weight excluding hydrogens is 282 g/mol. The predicted octanol–water partition coefficient (Wildman–Crippen LogP) is 5.17. The molecule has 2 nitrogen and oxygen atoms in total. The van der Waals surface area contributed by atoms with Crippen LogP contribution in [0.5, 0.6) is 11.5 Å². The van der Waals surface area contributed by atoms with Crippen molar-refractivity contribution in [2.24, 2.45) is 0 Å². The molecule has 0 saturated heterocycles. The van der Waals surface area contributed by atoms with E-state index in [-0.39, 0.29) is 0 Å². The van der Waals surface area contributed by atoms with Gasteiger partial charge in [0.25, 0.3) is 0 Å². The van der Waals surface area contributed by atoms with Gasteiger partial charge >= 0.3 is 0 Å². The lowest BCUT2D eigenvalue weighted by Crippen LogP contribution is -1.92. The van der Waals surface area contributed by atoms with Gasteiger partial charge in [0.1, 0.15) is 11.5 Å². The van der Waals surface area contributed by atoms with E-state index in [0.717, 1.165) is 52.4 Å². The smallest absolute Gasteiger partial charge is 0.128 e. The number of para-hydroxylation sites is 1. The zero-order chi connectivity index (χ0) is 14.2. The topological polar surface area (TPSA) is 22.1 Å². The van der Waals surface area contributed by atoms with E-state index in [9.17, 15) is 0 Å². The summed E-state index contributed by atoms with van der Waals surface area (Å²) < 4.78 is 5.87. The van der Waals surface area contributed by atoms with Gasteiger partial charge < -0.3 is 4.74 Å². The second-order valence-electron chi connectivity index (χ2n) is 5.30. The van der Waals surface area contributed by atoms with Crippen LogP contribution in [0.15, 0.2) is 48.5 Å². The van der Waals surface area contributed by atoms with E-state index < -0.39 is 0 Å². The van der Waals surface area contributed by atoms with Crippen LogP contribution in [0, 0.1) is 0 Å². The standard InChI is InChI=1S/C18H14ClNO/c19-18-14-7-4-8-16(14)20-17-10-9-13(11-15(17)18)21-12-5-2-1-3-6-12/h1-3,5-6,9-11H,4,7-8H2. The summed E-state index contributed by atoms with van der Waals surface area (Å²) in [5.41, 5.74) is 3.31. The molecule has 0 amide bonds. The van der Waals surface area contributed by atoms with Gasteiger partial charge in [0.05, 0.1) is 10.5 Å². The van der Waals surface area contributed by atoms with Crippen LogP contribution < -0.4 is 4.74 Å². The van der Waals surface area contributed by atoms with Gasteiger partial charge in [-0.05, 0) is 55.2 Å². The molecule has 0 spiro atoms. The summed E-state index contributed by atoms with van der Waals surface area (Å²) in [4.78, 5) is 4.72. The Balaban J connectivity index is 1.79. The number of benzene rings is 2. The normalized spacial score (nSPS) is 13.4. The maximum atomic E-state index is 6.57. The van der Waals surface area contributed by atoms with Crippen molar-refractivity contribution in [2.45, 2.75) is 19.3 Å². The molecule has 0 N–H and O–H groups in total. The Morgan fingerprint density at radius 1 is 0.952 bits per heavy atom. The molecule has 2 aromatic carbocycles. The molecule has 0 radical (unpaired) electrons. The molecule has 1 aliphatic carbocycles.